The number of aromatic nitrogens is 3. The zero-order valence-corrected chi connectivity index (χ0v) is 20.2. The number of pyridine rings is 1. The van der Waals surface area contributed by atoms with Gasteiger partial charge < -0.3 is 10.1 Å². The van der Waals surface area contributed by atoms with Gasteiger partial charge in [0, 0.05) is 16.7 Å². The molecule has 0 unspecified atom stereocenters. The Hall–Kier alpha value is -3.65. The predicted octanol–water partition coefficient (Wildman–Crippen LogP) is 4.26. The molecule has 2 heterocycles. The normalized spacial score (nSPS) is 11.1. The number of carbonyl (C=O) groups excluding carboxylic acids is 3. The SMILES string of the molecule is COC(=O)NNC(=O)c1cc(C)cc(Br)c1NC(=O)c1cc(C(F)(F)F)nn1-c1ncccc1Cl. The molecule has 0 saturated carbocycles. The molecule has 0 aliphatic rings. The van der Waals surface area contributed by atoms with E-state index < -0.39 is 35.5 Å². The molecule has 0 aliphatic heterocycles. The number of hydrazine groups is 1. The number of benzene rings is 1. The second kappa shape index (κ2) is 10.3. The van der Waals surface area contributed by atoms with Gasteiger partial charge in [-0.15, -0.1) is 0 Å². The minimum Gasteiger partial charge on any atom is -0.452 e. The minimum atomic E-state index is -4.86. The van der Waals surface area contributed by atoms with Crippen LogP contribution in [0, 0.1) is 6.92 Å². The Kier molecular flexibility index (Phi) is 7.65. The fourth-order valence-electron chi connectivity index (χ4n) is 2.83. The summed E-state index contributed by atoms with van der Waals surface area (Å²) in [6.07, 6.45) is -4.55. The molecule has 0 saturated heterocycles. The highest BCUT2D eigenvalue weighted by Crippen LogP contribution is 2.32. The number of hydrogen-bond acceptors (Lipinski definition) is 6. The van der Waals surface area contributed by atoms with Crippen LogP contribution in [0.3, 0.4) is 0 Å². The molecule has 3 rings (SSSR count). The molecule has 35 heavy (non-hydrogen) atoms. The lowest BCUT2D eigenvalue weighted by Gasteiger charge is -2.15. The van der Waals surface area contributed by atoms with E-state index in [0.29, 0.717) is 16.3 Å². The van der Waals surface area contributed by atoms with Crippen molar-refractivity contribution in [3.05, 3.63) is 68.5 Å². The molecular weight excluding hydrogens is 561 g/mol. The summed E-state index contributed by atoms with van der Waals surface area (Å²) in [5, 5.41) is 5.82. The lowest BCUT2D eigenvalue weighted by molar-refractivity contribution is -0.141. The van der Waals surface area contributed by atoms with Crippen molar-refractivity contribution < 1.29 is 32.3 Å². The third-order valence-corrected chi connectivity index (χ3v) is 5.27. The molecule has 15 heteroatoms. The van der Waals surface area contributed by atoms with E-state index in [1.54, 1.807) is 13.0 Å². The smallest absolute Gasteiger partial charge is 0.435 e. The number of nitrogens with one attached hydrogen (secondary N) is 3. The highest BCUT2D eigenvalue weighted by atomic mass is 79.9. The van der Waals surface area contributed by atoms with Gasteiger partial charge in [0.15, 0.2) is 11.5 Å². The van der Waals surface area contributed by atoms with Crippen LogP contribution >= 0.6 is 27.5 Å². The zero-order valence-electron chi connectivity index (χ0n) is 17.8. The van der Waals surface area contributed by atoms with E-state index >= 15 is 0 Å². The van der Waals surface area contributed by atoms with Gasteiger partial charge in [0.25, 0.3) is 11.8 Å². The molecule has 0 aliphatic carbocycles. The number of hydrogen-bond donors (Lipinski definition) is 3. The lowest BCUT2D eigenvalue weighted by Crippen LogP contribution is -2.41. The van der Waals surface area contributed by atoms with Crippen molar-refractivity contribution in [2.75, 3.05) is 12.4 Å². The largest absolute Gasteiger partial charge is 0.452 e. The van der Waals surface area contributed by atoms with Crippen molar-refractivity contribution in [2.45, 2.75) is 13.1 Å². The van der Waals surface area contributed by atoms with E-state index in [1.807, 2.05) is 5.43 Å². The molecule has 1 aromatic carbocycles. The number of aryl methyl sites for hydroxylation is 1. The number of nitrogens with zero attached hydrogens (tertiary/aromatic N) is 3. The van der Waals surface area contributed by atoms with Gasteiger partial charge in [-0.05, 0) is 52.7 Å². The van der Waals surface area contributed by atoms with Crippen molar-refractivity contribution in [1.82, 2.24) is 25.6 Å². The molecule has 3 amide bonds. The molecule has 3 aromatic rings. The zero-order chi connectivity index (χ0) is 25.9. The average molecular weight is 576 g/mol. The predicted molar refractivity (Wildman–Crippen MR) is 121 cm³/mol. The molecular formula is C20H15BrClF3N6O4. The van der Waals surface area contributed by atoms with Gasteiger partial charge in [-0.3, -0.25) is 15.0 Å². The molecule has 0 spiro atoms. The van der Waals surface area contributed by atoms with Gasteiger partial charge >= 0.3 is 12.3 Å². The monoisotopic (exact) mass is 574 g/mol. The van der Waals surface area contributed by atoms with Crippen LogP contribution in [0.5, 0.6) is 0 Å². The van der Waals surface area contributed by atoms with E-state index in [9.17, 15) is 27.6 Å². The molecule has 0 bridgehead atoms. The topological polar surface area (TPSA) is 127 Å². The highest BCUT2D eigenvalue weighted by Gasteiger charge is 2.37. The van der Waals surface area contributed by atoms with Gasteiger partial charge in [-0.1, -0.05) is 11.6 Å². The third kappa shape index (κ3) is 5.89. The maximum atomic E-state index is 13.4. The summed E-state index contributed by atoms with van der Waals surface area (Å²) in [6.45, 7) is 1.66. The van der Waals surface area contributed by atoms with Gasteiger partial charge in [-0.25, -0.2) is 19.9 Å². The van der Waals surface area contributed by atoms with Crippen molar-refractivity contribution >= 4 is 51.1 Å². The van der Waals surface area contributed by atoms with Crippen molar-refractivity contribution in [3.63, 3.8) is 0 Å². The molecule has 2 aromatic heterocycles. The molecule has 10 nitrogen and oxygen atoms in total. The first-order valence-electron chi connectivity index (χ1n) is 9.46. The van der Waals surface area contributed by atoms with Gasteiger partial charge in [0.1, 0.15) is 5.69 Å². The van der Waals surface area contributed by atoms with Crippen molar-refractivity contribution in [3.8, 4) is 5.82 Å². The first-order valence-corrected chi connectivity index (χ1v) is 10.6. The summed E-state index contributed by atoms with van der Waals surface area (Å²) in [5.74, 6) is -2.10. The molecule has 3 N–H and O–H groups in total. The molecule has 0 atom stereocenters. The fourth-order valence-corrected chi connectivity index (χ4v) is 3.70. The van der Waals surface area contributed by atoms with Crippen LogP contribution in [-0.2, 0) is 10.9 Å². The van der Waals surface area contributed by atoms with Crippen molar-refractivity contribution in [2.24, 2.45) is 0 Å². The van der Waals surface area contributed by atoms with Crippen LogP contribution in [0.1, 0.15) is 32.1 Å². The molecule has 0 fully saturated rings. The Bertz CT molecular complexity index is 1310. The number of anilines is 1. The number of carbonyl (C=O) groups is 3. The first kappa shape index (κ1) is 26.0. The summed E-state index contributed by atoms with van der Waals surface area (Å²) >= 11 is 9.29. The van der Waals surface area contributed by atoms with Crippen molar-refractivity contribution in [1.29, 1.82) is 0 Å². The Morgan fingerprint density at radius 2 is 1.86 bits per heavy atom. The van der Waals surface area contributed by atoms with Gasteiger partial charge in [0.2, 0.25) is 0 Å². The standard InChI is InChI=1S/C20H15BrClF3N6O4/c1-9-6-10(17(32)28-29-19(34)35-2)15(11(21)7-9)27-18(33)13-8-14(20(23,24)25)30-31(13)16-12(22)4-3-5-26-16/h3-8H,1-2H3,(H,27,33)(H,28,32)(H,29,34). The Morgan fingerprint density at radius 3 is 2.49 bits per heavy atom. The summed E-state index contributed by atoms with van der Waals surface area (Å²) in [5.41, 5.74) is 2.58. The maximum Gasteiger partial charge on any atom is 0.435 e. The van der Waals surface area contributed by atoms with E-state index in [0.717, 1.165) is 7.11 Å². The van der Waals surface area contributed by atoms with E-state index in [2.05, 4.69) is 41.5 Å². The van der Waals surface area contributed by atoms with Crippen LogP contribution in [0.25, 0.3) is 5.82 Å². The Balaban J connectivity index is 2.04. The van der Waals surface area contributed by atoms with Crippen LogP contribution in [0.2, 0.25) is 5.02 Å². The highest BCUT2D eigenvalue weighted by molar-refractivity contribution is 9.10. The van der Waals surface area contributed by atoms with Gasteiger partial charge in [0.05, 0.1) is 23.4 Å². The molecule has 0 radical (unpaired) electrons. The van der Waals surface area contributed by atoms with Crippen LogP contribution in [0.15, 0.2) is 41.0 Å². The first-order chi connectivity index (χ1) is 16.4. The van der Waals surface area contributed by atoms with E-state index in [1.165, 1.54) is 24.4 Å². The van der Waals surface area contributed by atoms with Crippen LogP contribution in [0.4, 0.5) is 23.7 Å². The molecule has 184 valence electrons. The number of methoxy groups -OCH3 is 1. The number of alkyl halides is 3. The third-order valence-electron chi connectivity index (χ3n) is 4.35. The lowest BCUT2D eigenvalue weighted by atomic mass is 10.1. The Morgan fingerprint density at radius 1 is 1.14 bits per heavy atom. The minimum absolute atomic E-state index is 0.0520. The van der Waals surface area contributed by atoms with Gasteiger partial charge in [-0.2, -0.15) is 18.3 Å². The maximum absolute atomic E-state index is 13.4. The van der Waals surface area contributed by atoms with Crippen LogP contribution in [-0.4, -0.2) is 39.8 Å². The average Bonchev–Trinajstić information content (AvgIpc) is 3.25. The summed E-state index contributed by atoms with van der Waals surface area (Å²) in [7, 11) is 1.09. The number of rotatable bonds is 4. The van der Waals surface area contributed by atoms with Crippen LogP contribution < -0.4 is 16.2 Å². The second-order valence-corrected chi connectivity index (χ2v) is 8.09. The fraction of sp³-hybridized carbons (Fsp3) is 0.150. The van der Waals surface area contributed by atoms with E-state index in [4.69, 9.17) is 11.6 Å². The Labute approximate surface area is 208 Å². The summed E-state index contributed by atoms with van der Waals surface area (Å²) in [4.78, 5) is 40.9. The number of amides is 3. The second-order valence-electron chi connectivity index (χ2n) is 6.83. The number of halogens is 5. The summed E-state index contributed by atoms with van der Waals surface area (Å²) < 4.78 is 45.4. The quantitative estimate of drug-likeness (QED) is 0.399. The number of ether oxygens (including phenoxy) is 1. The summed E-state index contributed by atoms with van der Waals surface area (Å²) in [6, 6.07) is 6.31. The van der Waals surface area contributed by atoms with E-state index in [-0.39, 0.29) is 26.6 Å².